The van der Waals surface area contributed by atoms with Crippen molar-refractivity contribution in [2.24, 2.45) is 0 Å². The Morgan fingerprint density at radius 3 is 1.22 bits per heavy atom. The van der Waals surface area contributed by atoms with Crippen LogP contribution in [0.4, 0.5) is 34.1 Å². The number of hydrogen-bond acceptors (Lipinski definition) is 2. The molecule has 0 bridgehead atoms. The SMILES string of the molecule is [2H]c1c([2H])c([2H])c2c(c1[2H])c1c([2H])c([2H])c([2H])c([2H])c1n2-c1cc2c3c(c1)C1(c4ccc(-c5cc(C(C)(C)C)cc(C(C)(C)C)c5)cc4B3c3ccc(-c4cc(C(C)(C)C)cc(C(C)(C)C)c4)cc3N2c2c(-c3ccccc3)cc(C(C)(C)C)cc2-c2ccccc2)c2ccccc2N(c2cccc(-c3ccccc3)c2)c2ccccc21. The maximum absolute atomic E-state index is 10.3. The summed E-state index contributed by atoms with van der Waals surface area (Å²) < 4.78 is 80.5. The van der Waals surface area contributed by atoms with Gasteiger partial charge in [-0.2, -0.15) is 0 Å². The zero-order chi connectivity index (χ0) is 82.4. The lowest BCUT2D eigenvalue weighted by molar-refractivity contribution is 0.568. The fraction of sp³-hybridized carbons (Fsp3) is 0.200. The quantitative estimate of drug-likeness (QED) is 0.141. The molecular weight excluding hydrogens is 1310 g/mol. The third-order valence-electron chi connectivity index (χ3n) is 23.4. The Balaban J connectivity index is 1.10. The van der Waals surface area contributed by atoms with Gasteiger partial charge in [-0.05, 0) is 199 Å². The van der Waals surface area contributed by atoms with E-state index in [1.54, 1.807) is 4.57 Å². The minimum Gasteiger partial charge on any atom is -0.310 e. The van der Waals surface area contributed by atoms with Crippen LogP contribution in [0.3, 0.4) is 0 Å². The molecule has 534 valence electrons. The second kappa shape index (κ2) is 25.3. The molecule has 0 radical (unpaired) electrons. The van der Waals surface area contributed by atoms with Gasteiger partial charge < -0.3 is 14.4 Å². The van der Waals surface area contributed by atoms with Crippen LogP contribution in [-0.4, -0.2) is 11.3 Å². The number of fused-ring (bicyclic) bond motifs is 13. The van der Waals surface area contributed by atoms with Crippen molar-refractivity contribution >= 4 is 79.0 Å². The van der Waals surface area contributed by atoms with E-state index in [0.29, 0.717) is 5.69 Å². The van der Waals surface area contributed by atoms with E-state index >= 15 is 0 Å². The predicted molar refractivity (Wildman–Crippen MR) is 467 cm³/mol. The summed E-state index contributed by atoms with van der Waals surface area (Å²) in [6.07, 6.45) is 0. The highest BCUT2D eigenvalue weighted by atomic mass is 15.2. The van der Waals surface area contributed by atoms with Crippen LogP contribution >= 0.6 is 0 Å². The molecular formula is C105H96BN3. The summed E-state index contributed by atoms with van der Waals surface area (Å²) in [6.45, 7) is 33.9. The summed E-state index contributed by atoms with van der Waals surface area (Å²) in [5.74, 6) is 0. The highest BCUT2D eigenvalue weighted by Crippen LogP contribution is 2.61. The molecule has 109 heavy (non-hydrogen) atoms. The van der Waals surface area contributed by atoms with Gasteiger partial charge in [0.05, 0.1) is 44.5 Å². The molecule has 0 saturated heterocycles. The summed E-state index contributed by atoms with van der Waals surface area (Å²) in [4.78, 5) is 4.95. The molecule has 3 aliphatic rings. The molecule has 0 fully saturated rings. The third kappa shape index (κ3) is 11.4. The van der Waals surface area contributed by atoms with Gasteiger partial charge in [0, 0.05) is 44.6 Å². The Labute approximate surface area is 657 Å². The van der Waals surface area contributed by atoms with E-state index in [0.717, 1.165) is 134 Å². The van der Waals surface area contributed by atoms with Crippen LogP contribution in [0.1, 0.15) is 165 Å². The molecule has 18 rings (SSSR count). The average molecular weight is 1420 g/mol. The van der Waals surface area contributed by atoms with Crippen molar-refractivity contribution in [3.8, 4) is 61.3 Å². The molecule has 0 N–H and O–H groups in total. The van der Waals surface area contributed by atoms with Crippen molar-refractivity contribution in [1.29, 1.82) is 0 Å². The topological polar surface area (TPSA) is 11.4 Å². The summed E-state index contributed by atoms with van der Waals surface area (Å²) in [6, 6.07) is 92.9. The number of aromatic nitrogens is 1. The second-order valence-corrected chi connectivity index (χ2v) is 35.6. The molecule has 4 heterocycles. The standard InChI is InChI=1S/C105H96BN3/c1-100(2,3)75-54-73(55-76(61-75)101(4,5)6)71-50-52-86-91(59-71)106-90-53-51-72(74-56-77(102(7,8)9)62-78(57-74)103(10,11)12)60-96(90)109(99-84(68-36-21-17-22-37-68)63-79(104(13,14)15)64-85(99)69-38-23-18-24-39-69)97-66-81(108-92-46-29-25-42-82(92)83-43-26-30-47-93(83)108)65-89(98(97)106)105(86)87-44-27-31-48-94(87)107(95-49-32-28-45-88(95)105)80-41-33-40-70(58-80)67-34-19-16-20-35-67/h16-66H,1-15H3/i25D,26D,29D,30D,42D,43D,46D,47D. The van der Waals surface area contributed by atoms with Gasteiger partial charge in [0.2, 0.25) is 6.71 Å². The molecule has 3 aliphatic heterocycles. The molecule has 0 aliphatic carbocycles. The molecule has 1 aromatic heterocycles. The maximum atomic E-state index is 10.3. The monoisotopic (exact) mass is 1420 g/mol. The Hall–Kier alpha value is -11.5. The zero-order valence-corrected chi connectivity index (χ0v) is 65.2. The number of para-hydroxylation sites is 4. The Morgan fingerprint density at radius 2 is 0.716 bits per heavy atom. The first-order chi connectivity index (χ1) is 55.5. The average Bonchev–Trinajstić information content (AvgIpc) is 0.717. The van der Waals surface area contributed by atoms with Crippen molar-refractivity contribution in [3.63, 3.8) is 0 Å². The van der Waals surface area contributed by atoms with Crippen LogP contribution in [0.15, 0.2) is 309 Å². The van der Waals surface area contributed by atoms with E-state index in [1.807, 2.05) is 0 Å². The number of hydrogen-bond donors (Lipinski definition) is 0. The fourth-order valence-electron chi connectivity index (χ4n) is 17.6. The minimum atomic E-state index is -1.27. The molecule has 15 aromatic rings. The number of nitrogens with zero attached hydrogens (tertiary/aromatic N) is 3. The summed E-state index contributed by atoms with van der Waals surface area (Å²) in [5.41, 5.74) is 27.0. The van der Waals surface area contributed by atoms with Crippen molar-refractivity contribution in [2.75, 3.05) is 9.80 Å². The Kier molecular flexibility index (Phi) is 14.1. The molecule has 0 unspecified atom stereocenters. The molecule has 1 spiro atoms. The highest BCUT2D eigenvalue weighted by molar-refractivity contribution is 6.99. The first-order valence-corrected chi connectivity index (χ1v) is 38.6. The first kappa shape index (κ1) is 60.5. The van der Waals surface area contributed by atoms with Crippen LogP contribution < -0.4 is 26.2 Å². The van der Waals surface area contributed by atoms with Gasteiger partial charge in [0.1, 0.15) is 0 Å². The number of anilines is 6. The molecule has 3 nitrogen and oxygen atoms in total. The zero-order valence-electron chi connectivity index (χ0n) is 73.2. The Bertz CT molecular complexity index is 6400. The van der Waals surface area contributed by atoms with E-state index < -0.39 is 48.4 Å². The van der Waals surface area contributed by atoms with Gasteiger partial charge in [-0.1, -0.05) is 352 Å². The largest absolute Gasteiger partial charge is 0.310 e. The normalized spacial score (nSPS) is 14.9. The van der Waals surface area contributed by atoms with Gasteiger partial charge in [-0.3, -0.25) is 0 Å². The summed E-state index contributed by atoms with van der Waals surface area (Å²) in [5, 5.41) is 0.00216. The van der Waals surface area contributed by atoms with Crippen LogP contribution in [-0.2, 0) is 32.5 Å². The van der Waals surface area contributed by atoms with Crippen molar-refractivity contribution in [2.45, 2.75) is 136 Å². The van der Waals surface area contributed by atoms with Gasteiger partial charge in [0.25, 0.3) is 0 Å². The van der Waals surface area contributed by atoms with Gasteiger partial charge >= 0.3 is 0 Å². The third-order valence-corrected chi connectivity index (χ3v) is 23.4. The van der Waals surface area contributed by atoms with Crippen LogP contribution in [0.25, 0.3) is 83.1 Å². The maximum Gasteiger partial charge on any atom is 0.247 e. The molecule has 0 atom stereocenters. The number of benzene rings is 14. The van der Waals surface area contributed by atoms with Crippen LogP contribution in [0, 0.1) is 0 Å². The molecule has 0 amide bonds. The molecule has 0 saturated carbocycles. The Morgan fingerprint density at radius 1 is 0.284 bits per heavy atom. The molecule has 14 aromatic carbocycles. The lowest BCUT2D eigenvalue weighted by Gasteiger charge is -2.52. The van der Waals surface area contributed by atoms with Crippen molar-refractivity contribution in [1.82, 2.24) is 4.57 Å². The van der Waals surface area contributed by atoms with Gasteiger partial charge in [0.15, 0.2) is 0 Å². The number of rotatable bonds is 8. The highest BCUT2D eigenvalue weighted by Gasteiger charge is 2.56. The van der Waals surface area contributed by atoms with E-state index in [1.165, 1.54) is 22.3 Å². The summed E-state index contributed by atoms with van der Waals surface area (Å²) >= 11 is 0. The van der Waals surface area contributed by atoms with E-state index in [-0.39, 0.29) is 61.0 Å². The van der Waals surface area contributed by atoms with Crippen molar-refractivity contribution in [3.05, 3.63) is 359 Å². The van der Waals surface area contributed by atoms with E-state index in [4.69, 9.17) is 0 Å². The van der Waals surface area contributed by atoms with Crippen LogP contribution in [0.2, 0.25) is 0 Å². The minimum absolute atomic E-state index is 0.00108. The lowest BCUT2D eigenvalue weighted by atomic mass is 9.29. The molecule has 4 heteroatoms. The first-order valence-electron chi connectivity index (χ1n) is 42.6. The van der Waals surface area contributed by atoms with Crippen molar-refractivity contribution < 1.29 is 11.0 Å². The van der Waals surface area contributed by atoms with E-state index in [2.05, 4.69) is 375 Å². The van der Waals surface area contributed by atoms with E-state index in [9.17, 15) is 11.0 Å². The van der Waals surface area contributed by atoms with Crippen LogP contribution in [0.5, 0.6) is 0 Å². The summed E-state index contributed by atoms with van der Waals surface area (Å²) in [7, 11) is 0. The van der Waals surface area contributed by atoms with Gasteiger partial charge in [-0.15, -0.1) is 0 Å². The smallest absolute Gasteiger partial charge is 0.247 e. The fourth-order valence-corrected chi connectivity index (χ4v) is 17.6. The van der Waals surface area contributed by atoms with Gasteiger partial charge in [-0.25, -0.2) is 0 Å². The second-order valence-electron chi connectivity index (χ2n) is 35.6. The lowest BCUT2D eigenvalue weighted by Crippen LogP contribution is -2.65. The predicted octanol–water partition coefficient (Wildman–Crippen LogP) is 26.4.